The van der Waals surface area contributed by atoms with Crippen LogP contribution in [0.4, 0.5) is 0 Å². The van der Waals surface area contributed by atoms with E-state index in [1.54, 1.807) is 35.5 Å². The summed E-state index contributed by atoms with van der Waals surface area (Å²) in [5, 5.41) is 13.8. The number of nitrogens with zero attached hydrogens (tertiary/aromatic N) is 5. The summed E-state index contributed by atoms with van der Waals surface area (Å²) in [6.45, 7) is 2.41. The lowest BCUT2D eigenvalue weighted by Gasteiger charge is -2.11. The number of hydrazone groups is 1. The molecule has 0 aliphatic heterocycles. The number of thioether (sulfide) groups is 1. The van der Waals surface area contributed by atoms with Crippen molar-refractivity contribution in [3.63, 3.8) is 0 Å². The second-order valence-corrected chi connectivity index (χ2v) is 8.14. The van der Waals surface area contributed by atoms with Crippen molar-refractivity contribution >= 4 is 57.0 Å². The van der Waals surface area contributed by atoms with Crippen LogP contribution in [-0.2, 0) is 18.4 Å². The maximum Gasteiger partial charge on any atom is 0.230 e. The van der Waals surface area contributed by atoms with Crippen molar-refractivity contribution in [1.82, 2.24) is 24.8 Å². The first kappa shape index (κ1) is 17.7. The van der Waals surface area contributed by atoms with Gasteiger partial charge < -0.3 is 4.57 Å². The zero-order valence-electron chi connectivity index (χ0n) is 15.1. The number of thiazole rings is 1. The van der Waals surface area contributed by atoms with E-state index in [1.165, 1.54) is 5.01 Å². The Labute approximate surface area is 164 Å². The molecule has 0 atom stereocenters. The Morgan fingerprint density at radius 1 is 1.44 bits per heavy atom. The molecule has 4 rings (SSSR count). The highest BCUT2D eigenvalue weighted by Gasteiger charge is 2.16. The largest absolute Gasteiger partial charge is 0.332 e. The minimum Gasteiger partial charge on any atom is -0.332 e. The summed E-state index contributed by atoms with van der Waals surface area (Å²) in [6, 6.07) is 5.87. The maximum atomic E-state index is 11.6. The lowest BCUT2D eigenvalue weighted by Crippen LogP contribution is -2.15. The number of aromatic nitrogens is 4. The Morgan fingerprint density at radius 3 is 3.07 bits per heavy atom. The van der Waals surface area contributed by atoms with E-state index >= 15 is 0 Å². The molecule has 4 aromatic rings. The van der Waals surface area contributed by atoms with Crippen molar-refractivity contribution < 1.29 is 4.79 Å². The molecule has 0 bridgehead atoms. The van der Waals surface area contributed by atoms with Gasteiger partial charge in [0.2, 0.25) is 6.41 Å². The normalized spacial score (nSPS) is 11.8. The van der Waals surface area contributed by atoms with Crippen LogP contribution in [0.2, 0.25) is 0 Å². The number of carbonyl (C=O) groups is 1. The minimum atomic E-state index is 0.380. The van der Waals surface area contributed by atoms with Crippen LogP contribution in [0.15, 0.2) is 33.8 Å². The highest BCUT2D eigenvalue weighted by Crippen LogP contribution is 2.33. The third kappa shape index (κ3) is 3.13. The summed E-state index contributed by atoms with van der Waals surface area (Å²) >= 11 is 3.27. The van der Waals surface area contributed by atoms with E-state index < -0.39 is 0 Å². The molecule has 0 unspecified atom stereocenters. The molecule has 0 radical (unpaired) electrons. The van der Waals surface area contributed by atoms with Crippen molar-refractivity contribution in [1.29, 1.82) is 0 Å². The summed E-state index contributed by atoms with van der Waals surface area (Å²) in [6.07, 6.45) is 6.28. The molecule has 7 nitrogen and oxygen atoms in total. The number of H-pyrrole nitrogens is 1. The van der Waals surface area contributed by atoms with Gasteiger partial charge in [-0.3, -0.25) is 9.89 Å². The molecule has 3 heterocycles. The van der Waals surface area contributed by atoms with Crippen molar-refractivity contribution in [3.8, 4) is 0 Å². The molecule has 1 aromatic carbocycles. The van der Waals surface area contributed by atoms with Gasteiger partial charge in [-0.15, -0.1) is 11.3 Å². The number of aromatic amines is 1. The summed E-state index contributed by atoms with van der Waals surface area (Å²) in [7, 11) is 2.00. The zero-order valence-corrected chi connectivity index (χ0v) is 16.8. The van der Waals surface area contributed by atoms with Gasteiger partial charge in [0.15, 0.2) is 9.99 Å². The van der Waals surface area contributed by atoms with Gasteiger partial charge in [0.25, 0.3) is 0 Å². The van der Waals surface area contributed by atoms with Crippen molar-refractivity contribution in [2.45, 2.75) is 17.8 Å². The highest BCUT2D eigenvalue weighted by molar-refractivity contribution is 8.00. The Bertz CT molecular complexity index is 1160. The van der Waals surface area contributed by atoms with Crippen LogP contribution in [0.25, 0.3) is 21.3 Å². The van der Waals surface area contributed by atoms with Crippen molar-refractivity contribution in [3.05, 3.63) is 41.2 Å². The van der Waals surface area contributed by atoms with Crippen LogP contribution in [0.5, 0.6) is 0 Å². The SMILES string of the molecule is CSc1nc2c(s1)c(/C=N\N(C=O)Cc1cccc3[nH]ncc13)c(C)n2C. The quantitative estimate of drug-likeness (QED) is 0.233. The molecule has 27 heavy (non-hydrogen) atoms. The summed E-state index contributed by atoms with van der Waals surface area (Å²) < 4.78 is 4.17. The third-order valence-electron chi connectivity index (χ3n) is 4.58. The van der Waals surface area contributed by atoms with Gasteiger partial charge in [0, 0.05) is 23.7 Å². The predicted octanol–water partition coefficient (Wildman–Crippen LogP) is 3.53. The van der Waals surface area contributed by atoms with Crippen LogP contribution in [0.3, 0.4) is 0 Å². The minimum absolute atomic E-state index is 0.380. The Kier molecular flexibility index (Phi) is 4.71. The average Bonchev–Trinajstić information content (AvgIpc) is 3.37. The first-order valence-corrected chi connectivity index (χ1v) is 10.3. The zero-order chi connectivity index (χ0) is 19.0. The van der Waals surface area contributed by atoms with Crippen LogP contribution < -0.4 is 0 Å². The van der Waals surface area contributed by atoms with E-state index in [0.717, 1.165) is 48.8 Å². The van der Waals surface area contributed by atoms with E-state index in [0.29, 0.717) is 6.54 Å². The van der Waals surface area contributed by atoms with Gasteiger partial charge in [-0.05, 0) is 24.8 Å². The molecule has 1 amide bonds. The number of nitrogens with one attached hydrogen (secondary N) is 1. The predicted molar refractivity (Wildman–Crippen MR) is 110 cm³/mol. The Morgan fingerprint density at radius 2 is 2.30 bits per heavy atom. The van der Waals surface area contributed by atoms with E-state index in [-0.39, 0.29) is 0 Å². The van der Waals surface area contributed by atoms with Gasteiger partial charge >= 0.3 is 0 Å². The second kappa shape index (κ2) is 7.16. The number of hydrogen-bond acceptors (Lipinski definition) is 6. The van der Waals surface area contributed by atoms with Gasteiger partial charge in [0.1, 0.15) is 0 Å². The number of rotatable bonds is 6. The van der Waals surface area contributed by atoms with Crippen molar-refractivity contribution in [2.24, 2.45) is 12.1 Å². The number of amides is 1. The van der Waals surface area contributed by atoms with Gasteiger partial charge in [-0.2, -0.15) is 10.2 Å². The number of carbonyl (C=O) groups excluding carboxylic acids is 1. The molecule has 1 N–H and O–H groups in total. The average molecular weight is 399 g/mol. The molecule has 0 saturated heterocycles. The Hall–Kier alpha value is -2.65. The molecule has 0 aliphatic rings. The van der Waals surface area contributed by atoms with Gasteiger partial charge in [-0.1, -0.05) is 23.9 Å². The fraction of sp³-hybridized carbons (Fsp3) is 0.222. The molecule has 9 heteroatoms. The number of hydrogen-bond donors (Lipinski definition) is 1. The second-order valence-electron chi connectivity index (χ2n) is 6.09. The van der Waals surface area contributed by atoms with Gasteiger partial charge in [0.05, 0.1) is 29.2 Å². The first-order valence-electron chi connectivity index (χ1n) is 8.29. The first-order chi connectivity index (χ1) is 13.1. The highest BCUT2D eigenvalue weighted by atomic mass is 32.2. The van der Waals surface area contributed by atoms with E-state index in [2.05, 4.69) is 24.8 Å². The van der Waals surface area contributed by atoms with Crippen LogP contribution in [0, 0.1) is 6.92 Å². The Balaban J connectivity index is 1.65. The number of benzene rings is 1. The standard InChI is InChI=1S/C18H18N6OS2/c1-11-13(16-17(23(11)2)21-18(26-3)27-16)8-20-24(10-25)9-12-5-4-6-15-14(12)7-19-22-15/h4-8,10H,9H2,1-3H3,(H,19,22)/b20-8-. The summed E-state index contributed by atoms with van der Waals surface area (Å²) in [4.78, 5) is 16.2. The fourth-order valence-electron chi connectivity index (χ4n) is 3.02. The molecular formula is C18H18N6OS2. The third-order valence-corrected chi connectivity index (χ3v) is 6.65. The summed E-state index contributed by atoms with van der Waals surface area (Å²) in [5.41, 5.74) is 4.95. The van der Waals surface area contributed by atoms with Gasteiger partial charge in [-0.25, -0.2) is 9.99 Å². The monoisotopic (exact) mass is 398 g/mol. The lowest BCUT2D eigenvalue weighted by molar-refractivity contribution is -0.118. The molecule has 0 saturated carbocycles. The summed E-state index contributed by atoms with van der Waals surface area (Å²) in [5.74, 6) is 0. The number of fused-ring (bicyclic) bond motifs is 2. The topological polar surface area (TPSA) is 79.2 Å². The molecule has 3 aromatic heterocycles. The fourth-order valence-corrected chi connectivity index (χ4v) is 4.67. The van der Waals surface area contributed by atoms with Crippen LogP contribution in [0.1, 0.15) is 16.8 Å². The molecule has 0 aliphatic carbocycles. The van der Waals surface area contributed by atoms with Crippen molar-refractivity contribution in [2.75, 3.05) is 6.26 Å². The van der Waals surface area contributed by atoms with Crippen LogP contribution in [-0.4, -0.2) is 43.6 Å². The maximum absolute atomic E-state index is 11.6. The molecule has 138 valence electrons. The van der Waals surface area contributed by atoms with E-state index in [9.17, 15) is 4.79 Å². The van der Waals surface area contributed by atoms with E-state index in [1.807, 2.05) is 38.4 Å². The smallest absolute Gasteiger partial charge is 0.230 e. The molecule has 0 fully saturated rings. The lowest BCUT2D eigenvalue weighted by atomic mass is 10.1. The van der Waals surface area contributed by atoms with E-state index in [4.69, 9.17) is 0 Å². The van der Waals surface area contributed by atoms with Crippen LogP contribution >= 0.6 is 23.1 Å². The number of aryl methyl sites for hydroxylation is 1. The molecular weight excluding hydrogens is 380 g/mol. The molecule has 0 spiro atoms.